The Labute approximate surface area is 76.6 Å². The third-order valence-electron chi connectivity index (χ3n) is 1.81. The molecule has 0 spiro atoms. The maximum Gasteiger partial charge on any atom is 0.337 e. The summed E-state index contributed by atoms with van der Waals surface area (Å²) in [5, 5.41) is 8.99. The molecule has 0 aromatic heterocycles. The van der Waals surface area contributed by atoms with Crippen LogP contribution in [0.25, 0.3) is 0 Å². The van der Waals surface area contributed by atoms with Gasteiger partial charge in [0.25, 0.3) is 0 Å². The average molecular weight is 182 g/mol. The van der Waals surface area contributed by atoms with Crippen LogP contribution in [0.3, 0.4) is 0 Å². The van der Waals surface area contributed by atoms with E-state index in [4.69, 9.17) is 16.7 Å². The van der Waals surface area contributed by atoms with Crippen LogP contribution in [0.1, 0.15) is 15.9 Å². The number of aromatic carboxylic acids is 1. The van der Waals surface area contributed by atoms with Gasteiger partial charge in [-0.3, -0.25) is 0 Å². The Hall–Kier alpha value is -0.955. The molecule has 0 saturated carbocycles. The Morgan fingerprint density at radius 2 is 2.17 bits per heavy atom. The van der Waals surface area contributed by atoms with E-state index in [1.54, 1.807) is 12.1 Å². The smallest absolute Gasteiger partial charge is 0.337 e. The minimum Gasteiger partial charge on any atom is -0.478 e. The highest BCUT2D eigenvalue weighted by molar-refractivity contribution is 6.37. The topological polar surface area (TPSA) is 37.3 Å². The van der Waals surface area contributed by atoms with Crippen LogP contribution in [-0.2, 0) is 0 Å². The maximum atomic E-state index is 10.6. The van der Waals surface area contributed by atoms with Crippen molar-refractivity contribution in [1.82, 2.24) is 0 Å². The van der Waals surface area contributed by atoms with Crippen molar-refractivity contribution in [2.24, 2.45) is 0 Å². The SMILES string of the molecule is Bc1cc(C(=O)O)c(Cl)cc1C. The summed E-state index contributed by atoms with van der Waals surface area (Å²) in [6.45, 7) is 1.90. The normalized spacial score (nSPS) is 9.83. The van der Waals surface area contributed by atoms with Gasteiger partial charge >= 0.3 is 5.97 Å². The van der Waals surface area contributed by atoms with Crippen molar-refractivity contribution in [3.63, 3.8) is 0 Å². The molecule has 0 heterocycles. The minimum absolute atomic E-state index is 0.166. The van der Waals surface area contributed by atoms with Gasteiger partial charge in [0.15, 0.2) is 0 Å². The molecule has 1 rings (SSSR count). The fourth-order valence-electron chi connectivity index (χ4n) is 0.945. The summed E-state index contributed by atoms with van der Waals surface area (Å²) in [7, 11) is 1.86. The van der Waals surface area contributed by atoms with E-state index in [1.807, 2.05) is 14.8 Å². The van der Waals surface area contributed by atoms with Crippen molar-refractivity contribution >= 4 is 30.9 Å². The molecule has 62 valence electrons. The number of carboxylic acid groups (broad SMARTS) is 1. The van der Waals surface area contributed by atoms with Crippen molar-refractivity contribution in [2.75, 3.05) is 0 Å². The number of carbonyl (C=O) groups is 1. The molecule has 0 radical (unpaired) electrons. The summed E-state index contributed by atoms with van der Waals surface area (Å²) in [5.74, 6) is -0.983. The number of hydrogen-bond donors (Lipinski definition) is 1. The van der Waals surface area contributed by atoms with Gasteiger partial charge in [-0.05, 0) is 13.0 Å². The van der Waals surface area contributed by atoms with Gasteiger partial charge in [0.1, 0.15) is 7.85 Å². The van der Waals surface area contributed by atoms with Gasteiger partial charge < -0.3 is 5.11 Å². The van der Waals surface area contributed by atoms with Crippen molar-refractivity contribution in [2.45, 2.75) is 6.92 Å². The first kappa shape index (κ1) is 9.14. The highest BCUT2D eigenvalue weighted by Crippen LogP contribution is 2.15. The zero-order valence-corrected chi connectivity index (χ0v) is 7.64. The lowest BCUT2D eigenvalue weighted by Crippen LogP contribution is -2.11. The molecule has 4 heteroatoms. The summed E-state index contributed by atoms with van der Waals surface area (Å²) < 4.78 is 0. The monoisotopic (exact) mass is 182 g/mol. The van der Waals surface area contributed by atoms with Crippen molar-refractivity contribution in [1.29, 1.82) is 0 Å². The number of carboxylic acids is 1. The molecule has 0 aliphatic heterocycles. The second-order valence-corrected chi connectivity index (χ2v) is 3.13. The second-order valence-electron chi connectivity index (χ2n) is 2.72. The summed E-state index contributed by atoms with van der Waals surface area (Å²) in [6.07, 6.45) is 0. The van der Waals surface area contributed by atoms with Gasteiger partial charge in [0.05, 0.1) is 10.6 Å². The zero-order chi connectivity index (χ0) is 9.30. The van der Waals surface area contributed by atoms with Crippen LogP contribution in [-0.4, -0.2) is 18.9 Å². The van der Waals surface area contributed by atoms with Crippen LogP contribution in [0.4, 0.5) is 0 Å². The largest absolute Gasteiger partial charge is 0.478 e. The van der Waals surface area contributed by atoms with Gasteiger partial charge in [-0.15, -0.1) is 0 Å². The first-order valence-corrected chi connectivity index (χ1v) is 3.90. The highest BCUT2D eigenvalue weighted by atomic mass is 35.5. The fourth-order valence-corrected chi connectivity index (χ4v) is 1.24. The van der Waals surface area contributed by atoms with E-state index in [9.17, 15) is 4.79 Å². The number of hydrogen-bond acceptors (Lipinski definition) is 1. The molecule has 0 atom stereocenters. The Balaban J connectivity index is 3.33. The van der Waals surface area contributed by atoms with E-state index in [-0.39, 0.29) is 5.56 Å². The molecule has 0 aliphatic carbocycles. The lowest BCUT2D eigenvalue weighted by molar-refractivity contribution is 0.0697. The summed E-state index contributed by atoms with van der Waals surface area (Å²) in [4.78, 5) is 10.6. The van der Waals surface area contributed by atoms with E-state index in [2.05, 4.69) is 0 Å². The molecule has 1 aromatic rings. The Morgan fingerprint density at radius 1 is 1.58 bits per heavy atom. The predicted molar refractivity (Wildman–Crippen MR) is 51.3 cm³/mol. The lowest BCUT2D eigenvalue weighted by atomic mass is 9.89. The number of aryl methyl sites for hydroxylation is 1. The van der Waals surface area contributed by atoms with Crippen LogP contribution in [0.2, 0.25) is 5.02 Å². The van der Waals surface area contributed by atoms with Gasteiger partial charge in [0.2, 0.25) is 0 Å². The van der Waals surface area contributed by atoms with Gasteiger partial charge in [0, 0.05) is 0 Å². The quantitative estimate of drug-likeness (QED) is 0.646. The average Bonchev–Trinajstić information content (AvgIpc) is 1.96. The maximum absolute atomic E-state index is 10.6. The van der Waals surface area contributed by atoms with E-state index >= 15 is 0 Å². The van der Waals surface area contributed by atoms with Crippen LogP contribution in [0.5, 0.6) is 0 Å². The van der Waals surface area contributed by atoms with E-state index < -0.39 is 5.97 Å². The predicted octanol–water partition coefficient (Wildman–Crippen LogP) is 0.605. The van der Waals surface area contributed by atoms with Crippen LogP contribution >= 0.6 is 11.6 Å². The molecular weight excluding hydrogens is 174 g/mol. The van der Waals surface area contributed by atoms with E-state index in [0.717, 1.165) is 11.0 Å². The molecule has 0 bridgehead atoms. The third-order valence-corrected chi connectivity index (χ3v) is 2.13. The highest BCUT2D eigenvalue weighted by Gasteiger charge is 2.09. The molecule has 0 unspecified atom stereocenters. The lowest BCUT2D eigenvalue weighted by Gasteiger charge is -2.03. The molecule has 1 N–H and O–H groups in total. The Bertz CT molecular complexity index is 336. The molecule has 0 saturated heterocycles. The van der Waals surface area contributed by atoms with Gasteiger partial charge in [-0.1, -0.05) is 28.7 Å². The molecule has 0 amide bonds. The van der Waals surface area contributed by atoms with Gasteiger partial charge in [-0.25, -0.2) is 4.79 Å². The van der Waals surface area contributed by atoms with Crippen molar-refractivity contribution < 1.29 is 9.90 Å². The Kier molecular flexibility index (Phi) is 2.43. The number of halogens is 1. The van der Waals surface area contributed by atoms with Crippen LogP contribution < -0.4 is 5.46 Å². The minimum atomic E-state index is -0.983. The Morgan fingerprint density at radius 3 is 2.67 bits per heavy atom. The zero-order valence-electron chi connectivity index (χ0n) is 6.89. The number of benzene rings is 1. The van der Waals surface area contributed by atoms with Gasteiger partial charge in [-0.2, -0.15) is 0 Å². The second kappa shape index (κ2) is 3.19. The standard InChI is InChI=1S/C8H8BClO2/c1-4-2-7(10)5(8(11)12)3-6(4)9/h2-3H,9H2,1H3,(H,11,12). The van der Waals surface area contributed by atoms with E-state index in [1.165, 1.54) is 0 Å². The van der Waals surface area contributed by atoms with E-state index in [0.29, 0.717) is 5.02 Å². The molecule has 12 heavy (non-hydrogen) atoms. The summed E-state index contributed by atoms with van der Waals surface area (Å²) >= 11 is 5.72. The summed E-state index contributed by atoms with van der Waals surface area (Å²) in [5.41, 5.74) is 2.11. The molecule has 2 nitrogen and oxygen atoms in total. The first-order valence-electron chi connectivity index (χ1n) is 3.52. The van der Waals surface area contributed by atoms with Crippen molar-refractivity contribution in [3.05, 3.63) is 28.3 Å². The van der Waals surface area contributed by atoms with Crippen LogP contribution in [0, 0.1) is 6.92 Å². The van der Waals surface area contributed by atoms with Crippen molar-refractivity contribution in [3.8, 4) is 0 Å². The van der Waals surface area contributed by atoms with Crippen LogP contribution in [0.15, 0.2) is 12.1 Å². The first-order chi connectivity index (χ1) is 5.52. The fraction of sp³-hybridized carbons (Fsp3) is 0.125. The molecule has 1 aromatic carbocycles. The molecule has 0 aliphatic rings. The molecular formula is C8H8BClO2. The summed E-state index contributed by atoms with van der Waals surface area (Å²) in [6, 6.07) is 3.25. The molecule has 0 fully saturated rings. The third kappa shape index (κ3) is 1.61. The number of rotatable bonds is 1.